The Morgan fingerprint density at radius 2 is 1.55 bits per heavy atom. The number of aromatic nitrogens is 1. The van der Waals surface area contributed by atoms with E-state index in [2.05, 4.69) is 10.1 Å². The quantitative estimate of drug-likeness (QED) is 0.361. The van der Waals surface area contributed by atoms with Crippen LogP contribution in [0.4, 0.5) is 5.69 Å². The molecule has 29 heavy (non-hydrogen) atoms. The maximum atomic E-state index is 5.79. The van der Waals surface area contributed by atoms with E-state index in [0.29, 0.717) is 12.4 Å². The predicted molar refractivity (Wildman–Crippen MR) is 112 cm³/mol. The Morgan fingerprint density at radius 3 is 2.24 bits per heavy atom. The molecule has 1 heterocycles. The van der Waals surface area contributed by atoms with Gasteiger partial charge in [0.2, 0.25) is 0 Å². The van der Waals surface area contributed by atoms with Gasteiger partial charge in [0.1, 0.15) is 23.9 Å². The van der Waals surface area contributed by atoms with Crippen molar-refractivity contribution in [2.24, 2.45) is 4.99 Å². The molecule has 4 aromatic rings. The first kappa shape index (κ1) is 18.5. The third kappa shape index (κ3) is 5.32. The molecule has 0 amide bonds. The molecule has 0 saturated heterocycles. The number of hydrogen-bond acceptors (Lipinski definition) is 5. The third-order valence-corrected chi connectivity index (χ3v) is 4.12. The van der Waals surface area contributed by atoms with E-state index in [1.54, 1.807) is 0 Å². The van der Waals surface area contributed by atoms with Crippen LogP contribution in [0.5, 0.6) is 17.2 Å². The van der Waals surface area contributed by atoms with E-state index >= 15 is 0 Å². The van der Waals surface area contributed by atoms with E-state index in [1.807, 2.05) is 98.1 Å². The first-order chi connectivity index (χ1) is 14.2. The summed E-state index contributed by atoms with van der Waals surface area (Å²) < 4.78 is 16.6. The van der Waals surface area contributed by atoms with Crippen molar-refractivity contribution in [1.82, 2.24) is 5.16 Å². The predicted octanol–water partition coefficient (Wildman–Crippen LogP) is 6.10. The Bertz CT molecular complexity index is 1070. The zero-order valence-electron chi connectivity index (χ0n) is 16.0. The highest BCUT2D eigenvalue weighted by Gasteiger charge is 2.02. The number of para-hydroxylation sites is 1. The van der Waals surface area contributed by atoms with Gasteiger partial charge in [0.25, 0.3) is 0 Å². The molecule has 0 aliphatic heterocycles. The van der Waals surface area contributed by atoms with E-state index in [9.17, 15) is 0 Å². The number of aliphatic imine (C=N–C) groups is 1. The molecule has 1 aromatic heterocycles. The Kier molecular flexibility index (Phi) is 5.67. The van der Waals surface area contributed by atoms with Crippen molar-refractivity contribution < 1.29 is 14.0 Å². The molecule has 3 aromatic carbocycles. The van der Waals surface area contributed by atoms with E-state index in [4.69, 9.17) is 14.0 Å². The van der Waals surface area contributed by atoms with E-state index in [0.717, 1.165) is 34.2 Å². The average Bonchev–Trinajstić information content (AvgIpc) is 3.18. The summed E-state index contributed by atoms with van der Waals surface area (Å²) in [6.07, 6.45) is 1.82. The van der Waals surface area contributed by atoms with Gasteiger partial charge in [0, 0.05) is 12.3 Å². The van der Waals surface area contributed by atoms with Gasteiger partial charge >= 0.3 is 0 Å². The second-order valence-electron chi connectivity index (χ2n) is 6.46. The lowest BCUT2D eigenvalue weighted by molar-refractivity contribution is 0.249. The van der Waals surface area contributed by atoms with Crippen LogP contribution in [0.3, 0.4) is 0 Å². The Morgan fingerprint density at radius 1 is 0.862 bits per heavy atom. The Hall–Kier alpha value is -3.86. The highest BCUT2D eigenvalue weighted by atomic mass is 16.5. The van der Waals surface area contributed by atoms with Gasteiger partial charge < -0.3 is 14.0 Å². The van der Waals surface area contributed by atoms with Crippen LogP contribution in [0.2, 0.25) is 0 Å². The maximum absolute atomic E-state index is 5.79. The molecular formula is C24H20N2O3. The maximum Gasteiger partial charge on any atom is 0.174 e. The fourth-order valence-electron chi connectivity index (χ4n) is 2.66. The lowest BCUT2D eigenvalue weighted by Gasteiger charge is -2.05. The molecule has 0 spiro atoms. The normalized spacial score (nSPS) is 10.9. The molecule has 5 nitrogen and oxygen atoms in total. The highest BCUT2D eigenvalue weighted by Crippen LogP contribution is 2.24. The lowest BCUT2D eigenvalue weighted by atomic mass is 10.2. The molecule has 0 fully saturated rings. The molecule has 0 aliphatic rings. The van der Waals surface area contributed by atoms with Crippen LogP contribution in [-0.2, 0) is 6.61 Å². The van der Waals surface area contributed by atoms with Crippen LogP contribution in [0, 0.1) is 6.92 Å². The zero-order chi connectivity index (χ0) is 19.9. The fourth-order valence-corrected chi connectivity index (χ4v) is 2.66. The molecule has 0 unspecified atom stereocenters. The van der Waals surface area contributed by atoms with E-state index in [1.165, 1.54) is 0 Å². The van der Waals surface area contributed by atoms with Crippen LogP contribution in [0.1, 0.15) is 17.0 Å². The molecule has 0 N–H and O–H groups in total. The monoisotopic (exact) mass is 384 g/mol. The summed E-state index contributed by atoms with van der Waals surface area (Å²) in [5.41, 5.74) is 2.68. The molecule has 144 valence electrons. The highest BCUT2D eigenvalue weighted by molar-refractivity contribution is 5.82. The number of aryl methyl sites for hydroxylation is 1. The van der Waals surface area contributed by atoms with Gasteiger partial charge in [-0.05, 0) is 73.2 Å². The van der Waals surface area contributed by atoms with Crippen LogP contribution >= 0.6 is 0 Å². The summed E-state index contributed by atoms with van der Waals surface area (Å²) >= 11 is 0. The summed E-state index contributed by atoms with van der Waals surface area (Å²) in [7, 11) is 0. The van der Waals surface area contributed by atoms with Crippen molar-refractivity contribution in [3.05, 3.63) is 102 Å². The standard InChI is InChI=1S/C24H20N2O3/c1-18-15-24(29-26-18)17-27-21-11-7-19(8-12-21)16-25-20-9-13-23(14-10-20)28-22-5-3-2-4-6-22/h2-16H,17H2,1H3. The van der Waals surface area contributed by atoms with Crippen molar-refractivity contribution in [3.63, 3.8) is 0 Å². The van der Waals surface area contributed by atoms with Gasteiger partial charge in [-0.3, -0.25) is 4.99 Å². The van der Waals surface area contributed by atoms with E-state index in [-0.39, 0.29) is 0 Å². The van der Waals surface area contributed by atoms with Crippen molar-refractivity contribution in [2.45, 2.75) is 13.5 Å². The van der Waals surface area contributed by atoms with Crippen LogP contribution in [0.25, 0.3) is 0 Å². The van der Waals surface area contributed by atoms with Gasteiger partial charge in [-0.2, -0.15) is 0 Å². The van der Waals surface area contributed by atoms with Crippen molar-refractivity contribution in [3.8, 4) is 17.2 Å². The molecule has 0 aliphatic carbocycles. The van der Waals surface area contributed by atoms with E-state index < -0.39 is 0 Å². The van der Waals surface area contributed by atoms with Gasteiger partial charge in [-0.15, -0.1) is 0 Å². The van der Waals surface area contributed by atoms with Crippen LogP contribution < -0.4 is 9.47 Å². The number of rotatable bonds is 7. The van der Waals surface area contributed by atoms with Crippen LogP contribution in [0.15, 0.2) is 94.4 Å². The SMILES string of the molecule is Cc1cc(COc2ccc(C=Nc3ccc(Oc4ccccc4)cc3)cc2)on1. The lowest BCUT2D eigenvalue weighted by Crippen LogP contribution is -1.93. The third-order valence-electron chi connectivity index (χ3n) is 4.12. The minimum absolute atomic E-state index is 0.353. The molecule has 0 atom stereocenters. The molecule has 0 bridgehead atoms. The molecule has 4 rings (SSSR count). The smallest absolute Gasteiger partial charge is 0.174 e. The molecule has 5 heteroatoms. The Balaban J connectivity index is 1.32. The average molecular weight is 384 g/mol. The number of benzene rings is 3. The van der Waals surface area contributed by atoms with Gasteiger partial charge in [-0.25, -0.2) is 0 Å². The molecular weight excluding hydrogens is 364 g/mol. The van der Waals surface area contributed by atoms with Crippen molar-refractivity contribution in [2.75, 3.05) is 0 Å². The summed E-state index contributed by atoms with van der Waals surface area (Å²) in [4.78, 5) is 4.51. The van der Waals surface area contributed by atoms with Gasteiger partial charge in [0.15, 0.2) is 5.76 Å². The van der Waals surface area contributed by atoms with Crippen molar-refractivity contribution >= 4 is 11.9 Å². The summed E-state index contributed by atoms with van der Waals surface area (Å²) in [6.45, 7) is 2.23. The molecule has 0 radical (unpaired) electrons. The second kappa shape index (κ2) is 8.89. The molecule has 0 saturated carbocycles. The van der Waals surface area contributed by atoms with Crippen molar-refractivity contribution in [1.29, 1.82) is 0 Å². The van der Waals surface area contributed by atoms with Crippen LogP contribution in [-0.4, -0.2) is 11.4 Å². The Labute approximate surface area is 169 Å². The first-order valence-electron chi connectivity index (χ1n) is 9.27. The first-order valence-corrected chi connectivity index (χ1v) is 9.27. The summed E-state index contributed by atoms with van der Waals surface area (Å²) in [5.74, 6) is 3.05. The second-order valence-corrected chi connectivity index (χ2v) is 6.46. The van der Waals surface area contributed by atoms with Gasteiger partial charge in [-0.1, -0.05) is 23.4 Å². The zero-order valence-corrected chi connectivity index (χ0v) is 16.0. The minimum atomic E-state index is 0.353. The summed E-state index contributed by atoms with van der Waals surface area (Å²) in [6, 6.07) is 26.9. The van der Waals surface area contributed by atoms with Gasteiger partial charge in [0.05, 0.1) is 11.4 Å². The summed E-state index contributed by atoms with van der Waals surface area (Å²) in [5, 5.41) is 3.84. The largest absolute Gasteiger partial charge is 0.486 e. The number of hydrogen-bond donors (Lipinski definition) is 0. The number of ether oxygens (including phenoxy) is 2. The minimum Gasteiger partial charge on any atom is -0.486 e. The number of nitrogens with zero attached hydrogens (tertiary/aromatic N) is 2. The fraction of sp³-hybridized carbons (Fsp3) is 0.0833. The topological polar surface area (TPSA) is 56.9 Å².